The minimum Gasteiger partial charge on any atom is -0.454 e. The molecular formula is C21H26N2O3. The number of amides is 1. The van der Waals surface area contributed by atoms with Crippen LogP contribution in [0.15, 0.2) is 23.3 Å². The number of hydrazone groups is 1. The summed E-state index contributed by atoms with van der Waals surface area (Å²) in [6, 6.07) is 5.22. The number of benzene rings is 1. The maximum Gasteiger partial charge on any atom is 0.271 e. The maximum atomic E-state index is 12.4. The van der Waals surface area contributed by atoms with E-state index < -0.39 is 0 Å². The molecule has 0 atom stereocenters. The van der Waals surface area contributed by atoms with E-state index in [4.69, 9.17) is 9.47 Å². The minimum absolute atomic E-state index is 0.201. The average molecular weight is 354 g/mol. The third kappa shape index (κ3) is 2.87. The molecule has 0 aromatic heterocycles. The molecule has 4 fully saturated rings. The number of rotatable bonds is 4. The molecule has 1 amide bonds. The van der Waals surface area contributed by atoms with Crippen molar-refractivity contribution in [2.75, 3.05) is 6.79 Å². The Morgan fingerprint density at radius 3 is 2.46 bits per heavy atom. The summed E-state index contributed by atoms with van der Waals surface area (Å²) in [6.07, 6.45) is 9.48. The Morgan fingerprint density at radius 2 is 1.77 bits per heavy atom. The summed E-state index contributed by atoms with van der Waals surface area (Å²) in [4.78, 5) is 12.4. The van der Waals surface area contributed by atoms with E-state index in [1.807, 2.05) is 0 Å². The monoisotopic (exact) mass is 354 g/mol. The fraction of sp³-hybridized carbons (Fsp3) is 0.619. The maximum absolute atomic E-state index is 12.4. The Kier molecular flexibility index (Phi) is 3.73. The van der Waals surface area contributed by atoms with E-state index in [2.05, 4.69) is 17.5 Å². The zero-order valence-electron chi connectivity index (χ0n) is 15.3. The van der Waals surface area contributed by atoms with Crippen LogP contribution in [0, 0.1) is 23.2 Å². The van der Waals surface area contributed by atoms with Crippen molar-refractivity contribution in [3.05, 3.63) is 23.8 Å². The van der Waals surface area contributed by atoms with Crippen molar-refractivity contribution in [1.82, 2.24) is 5.43 Å². The predicted octanol–water partition coefficient (Wildman–Crippen LogP) is 4.13. The second-order valence-electron chi connectivity index (χ2n) is 8.95. The van der Waals surface area contributed by atoms with Gasteiger partial charge in [0.25, 0.3) is 5.91 Å². The zero-order valence-corrected chi connectivity index (χ0v) is 15.3. The van der Waals surface area contributed by atoms with Gasteiger partial charge in [-0.3, -0.25) is 4.79 Å². The van der Waals surface area contributed by atoms with Crippen LogP contribution in [0.3, 0.4) is 0 Å². The van der Waals surface area contributed by atoms with E-state index in [0.29, 0.717) is 22.5 Å². The molecule has 5 heteroatoms. The highest BCUT2D eigenvalue weighted by Gasteiger charge is 2.50. The molecule has 4 bridgehead atoms. The van der Waals surface area contributed by atoms with Gasteiger partial charge >= 0.3 is 0 Å². The predicted molar refractivity (Wildman–Crippen MR) is 98.4 cm³/mol. The van der Waals surface area contributed by atoms with Gasteiger partial charge < -0.3 is 9.47 Å². The average Bonchev–Trinajstić information content (AvgIpc) is 3.05. The number of nitrogens with zero attached hydrogens (tertiary/aromatic N) is 1. The molecule has 0 unspecified atom stereocenters. The van der Waals surface area contributed by atoms with Crippen LogP contribution in [-0.4, -0.2) is 18.4 Å². The van der Waals surface area contributed by atoms with Crippen molar-refractivity contribution in [3.63, 3.8) is 0 Å². The highest BCUT2D eigenvalue weighted by molar-refractivity contribution is 5.96. The van der Waals surface area contributed by atoms with Gasteiger partial charge in [0, 0.05) is 11.3 Å². The van der Waals surface area contributed by atoms with Crippen LogP contribution in [0.5, 0.6) is 11.5 Å². The lowest BCUT2D eigenvalue weighted by molar-refractivity contribution is -0.0482. The molecule has 1 heterocycles. The summed E-state index contributed by atoms with van der Waals surface area (Å²) in [6.45, 7) is 2.27. The minimum atomic E-state index is -0.201. The van der Waals surface area contributed by atoms with Crippen LogP contribution in [0.25, 0.3) is 0 Å². The van der Waals surface area contributed by atoms with E-state index in [0.717, 1.165) is 29.9 Å². The normalized spacial score (nSPS) is 34.2. The Bertz CT molecular complexity index is 735. The zero-order chi connectivity index (χ0) is 17.7. The summed E-state index contributed by atoms with van der Waals surface area (Å²) in [5.74, 6) is 3.93. The molecule has 26 heavy (non-hydrogen) atoms. The fourth-order valence-corrected chi connectivity index (χ4v) is 6.34. The SMILES string of the molecule is C/C(CC12CC3CC(CC(C3)C1)C2)=N/NC(=O)c1ccc2c(c1)OCO2. The van der Waals surface area contributed by atoms with E-state index >= 15 is 0 Å². The van der Waals surface area contributed by atoms with Gasteiger partial charge in [-0.15, -0.1) is 0 Å². The van der Waals surface area contributed by atoms with Crippen molar-refractivity contribution >= 4 is 11.6 Å². The number of carbonyl (C=O) groups excluding carboxylic acids is 1. The van der Waals surface area contributed by atoms with Gasteiger partial charge in [0.15, 0.2) is 11.5 Å². The van der Waals surface area contributed by atoms with Crippen LogP contribution >= 0.6 is 0 Å². The van der Waals surface area contributed by atoms with Gasteiger partial charge in [-0.25, -0.2) is 5.43 Å². The van der Waals surface area contributed by atoms with E-state index in [1.165, 1.54) is 38.5 Å². The van der Waals surface area contributed by atoms with Crippen LogP contribution in [-0.2, 0) is 0 Å². The van der Waals surface area contributed by atoms with E-state index in [9.17, 15) is 4.79 Å². The summed E-state index contributed by atoms with van der Waals surface area (Å²) in [5, 5.41) is 4.42. The summed E-state index contributed by atoms with van der Waals surface area (Å²) in [5.41, 5.74) is 4.76. The van der Waals surface area contributed by atoms with Gasteiger partial charge in [-0.2, -0.15) is 5.10 Å². The van der Waals surface area contributed by atoms with E-state index in [1.54, 1.807) is 18.2 Å². The fourth-order valence-electron chi connectivity index (χ4n) is 6.34. The van der Waals surface area contributed by atoms with Gasteiger partial charge in [-0.1, -0.05) is 0 Å². The first-order valence-electron chi connectivity index (χ1n) is 9.82. The lowest BCUT2D eigenvalue weighted by Crippen LogP contribution is -2.46. The largest absolute Gasteiger partial charge is 0.454 e. The summed E-state index contributed by atoms with van der Waals surface area (Å²) in [7, 11) is 0. The third-order valence-corrected chi connectivity index (χ3v) is 6.78. The second kappa shape index (κ2) is 6.00. The topological polar surface area (TPSA) is 59.9 Å². The Labute approximate surface area is 154 Å². The Morgan fingerprint density at radius 1 is 1.12 bits per heavy atom. The Hall–Kier alpha value is -2.04. The number of hydrogen-bond donors (Lipinski definition) is 1. The van der Waals surface area contributed by atoms with Gasteiger partial charge in [0.05, 0.1) is 0 Å². The second-order valence-corrected chi connectivity index (χ2v) is 8.95. The smallest absolute Gasteiger partial charge is 0.271 e. The molecule has 0 spiro atoms. The van der Waals surface area contributed by atoms with E-state index in [-0.39, 0.29) is 12.7 Å². The van der Waals surface area contributed by atoms with Crippen molar-refractivity contribution in [1.29, 1.82) is 0 Å². The molecular weight excluding hydrogens is 328 g/mol. The highest BCUT2D eigenvalue weighted by Crippen LogP contribution is 2.61. The molecule has 1 aromatic carbocycles. The molecule has 1 aliphatic heterocycles. The molecule has 4 saturated carbocycles. The van der Waals surface area contributed by atoms with Crippen LogP contribution < -0.4 is 14.9 Å². The highest BCUT2D eigenvalue weighted by atomic mass is 16.7. The lowest BCUT2D eigenvalue weighted by Gasteiger charge is -2.57. The number of carbonyl (C=O) groups is 1. The molecule has 0 saturated heterocycles. The summed E-state index contributed by atoms with van der Waals surface area (Å²) < 4.78 is 10.6. The quantitative estimate of drug-likeness (QED) is 0.653. The summed E-state index contributed by atoms with van der Waals surface area (Å²) >= 11 is 0. The van der Waals surface area contributed by atoms with Gasteiger partial charge in [0.1, 0.15) is 0 Å². The standard InChI is InChI=1S/C21H26N2O3/c1-13(8-21-9-14-4-15(10-21)6-16(5-14)11-21)22-23-20(24)17-2-3-18-19(7-17)26-12-25-18/h2-3,7,14-16H,4-6,8-12H2,1H3,(H,23,24)/b22-13-. The molecule has 4 aliphatic carbocycles. The molecule has 138 valence electrons. The third-order valence-electron chi connectivity index (χ3n) is 6.78. The van der Waals surface area contributed by atoms with Crippen molar-refractivity contribution in [3.8, 4) is 11.5 Å². The van der Waals surface area contributed by atoms with Crippen molar-refractivity contribution in [2.24, 2.45) is 28.3 Å². The number of fused-ring (bicyclic) bond motifs is 1. The van der Waals surface area contributed by atoms with Crippen LogP contribution in [0.4, 0.5) is 0 Å². The lowest BCUT2D eigenvalue weighted by atomic mass is 9.48. The number of nitrogens with one attached hydrogen (secondary N) is 1. The molecule has 6 rings (SSSR count). The van der Waals surface area contributed by atoms with Gasteiger partial charge in [0.2, 0.25) is 6.79 Å². The molecule has 1 aromatic rings. The number of ether oxygens (including phenoxy) is 2. The molecule has 0 radical (unpaired) electrons. The first-order chi connectivity index (χ1) is 12.6. The number of hydrogen-bond acceptors (Lipinski definition) is 4. The Balaban J connectivity index is 1.24. The van der Waals surface area contributed by atoms with Crippen molar-refractivity contribution < 1.29 is 14.3 Å². The molecule has 5 aliphatic rings. The first-order valence-corrected chi connectivity index (χ1v) is 9.82. The van der Waals surface area contributed by atoms with Crippen LogP contribution in [0.1, 0.15) is 62.2 Å². The molecule has 1 N–H and O–H groups in total. The first kappa shape index (κ1) is 16.2. The van der Waals surface area contributed by atoms with Crippen molar-refractivity contribution in [2.45, 2.75) is 51.9 Å². The van der Waals surface area contributed by atoms with Crippen LogP contribution in [0.2, 0.25) is 0 Å². The van der Waals surface area contributed by atoms with Gasteiger partial charge in [-0.05, 0) is 93.2 Å². The molecule has 5 nitrogen and oxygen atoms in total.